The van der Waals surface area contributed by atoms with Crippen molar-refractivity contribution in [2.75, 3.05) is 13.1 Å². The predicted molar refractivity (Wildman–Crippen MR) is 58.0 cm³/mol. The van der Waals surface area contributed by atoms with Gasteiger partial charge in [-0.1, -0.05) is 6.08 Å². The fourth-order valence-electron chi connectivity index (χ4n) is 2.17. The van der Waals surface area contributed by atoms with E-state index in [4.69, 9.17) is 4.74 Å². The maximum Gasteiger partial charge on any atom is 0.141 e. The number of benzene rings is 1. The summed E-state index contributed by atoms with van der Waals surface area (Å²) < 4.78 is 5.97. The smallest absolute Gasteiger partial charge is 0.141 e. The van der Waals surface area contributed by atoms with Crippen LogP contribution in [0.2, 0.25) is 0 Å². The van der Waals surface area contributed by atoms with Gasteiger partial charge in [0, 0.05) is 18.5 Å². The highest BCUT2D eigenvalue weighted by molar-refractivity contribution is 5.63. The van der Waals surface area contributed by atoms with Crippen LogP contribution in [0.3, 0.4) is 0 Å². The molecule has 1 fully saturated rings. The molecule has 3 heteroatoms. The Morgan fingerprint density at radius 3 is 3.13 bits per heavy atom. The van der Waals surface area contributed by atoms with E-state index in [2.05, 4.69) is 11.4 Å². The summed E-state index contributed by atoms with van der Waals surface area (Å²) in [6, 6.07) is 5.21. The number of phenols is 1. The largest absolute Gasteiger partial charge is 0.508 e. The molecule has 2 N–H and O–H groups in total. The molecule has 1 unspecified atom stereocenters. The average molecular weight is 203 g/mol. The second kappa shape index (κ2) is 3.00. The Balaban J connectivity index is 2.00. The van der Waals surface area contributed by atoms with Crippen LogP contribution in [0.25, 0.3) is 6.08 Å². The van der Waals surface area contributed by atoms with Crippen molar-refractivity contribution in [2.24, 2.45) is 0 Å². The minimum Gasteiger partial charge on any atom is -0.508 e. The molecule has 78 valence electrons. The molecule has 0 saturated carbocycles. The van der Waals surface area contributed by atoms with E-state index in [1.807, 2.05) is 12.1 Å². The van der Waals surface area contributed by atoms with E-state index in [1.165, 1.54) is 0 Å². The molecular formula is C12H13NO2. The minimum absolute atomic E-state index is 0.163. The van der Waals surface area contributed by atoms with Gasteiger partial charge in [-0.05, 0) is 30.8 Å². The Labute approximate surface area is 88.4 Å². The van der Waals surface area contributed by atoms with Crippen LogP contribution in [0.1, 0.15) is 12.0 Å². The Kier molecular flexibility index (Phi) is 1.76. The summed E-state index contributed by atoms with van der Waals surface area (Å²) in [7, 11) is 0. The maximum absolute atomic E-state index is 9.34. The van der Waals surface area contributed by atoms with Gasteiger partial charge in [0.2, 0.25) is 0 Å². The van der Waals surface area contributed by atoms with Crippen LogP contribution < -0.4 is 10.1 Å². The molecular weight excluding hydrogens is 190 g/mol. The third-order valence-electron chi connectivity index (χ3n) is 3.02. The van der Waals surface area contributed by atoms with Crippen molar-refractivity contribution in [1.82, 2.24) is 5.32 Å². The Morgan fingerprint density at radius 2 is 2.33 bits per heavy atom. The van der Waals surface area contributed by atoms with Crippen LogP contribution in [0.4, 0.5) is 0 Å². The van der Waals surface area contributed by atoms with Crippen LogP contribution in [0.5, 0.6) is 11.5 Å². The van der Waals surface area contributed by atoms with Crippen molar-refractivity contribution in [1.29, 1.82) is 0 Å². The van der Waals surface area contributed by atoms with Crippen molar-refractivity contribution in [3.63, 3.8) is 0 Å². The lowest BCUT2D eigenvalue weighted by Crippen LogP contribution is -2.37. The number of hydrogen-bond donors (Lipinski definition) is 2. The van der Waals surface area contributed by atoms with Crippen molar-refractivity contribution in [3.05, 3.63) is 29.8 Å². The minimum atomic E-state index is -0.163. The molecule has 3 nitrogen and oxygen atoms in total. The number of ether oxygens (including phenoxy) is 1. The summed E-state index contributed by atoms with van der Waals surface area (Å²) in [5.74, 6) is 1.14. The standard InChI is InChI=1S/C12H13NO2/c14-10-1-2-11-9(7-10)3-4-12(15-11)5-6-13-8-12/h1-4,7,13-14H,5-6,8H2. The Hall–Kier alpha value is -1.48. The number of aromatic hydroxyl groups is 1. The molecule has 0 bridgehead atoms. The monoisotopic (exact) mass is 203 g/mol. The van der Waals surface area contributed by atoms with Crippen molar-refractivity contribution in [2.45, 2.75) is 12.0 Å². The summed E-state index contributed by atoms with van der Waals surface area (Å²) >= 11 is 0. The van der Waals surface area contributed by atoms with E-state index < -0.39 is 0 Å². The van der Waals surface area contributed by atoms with Gasteiger partial charge in [0.1, 0.15) is 17.1 Å². The van der Waals surface area contributed by atoms with Gasteiger partial charge in [-0.3, -0.25) is 0 Å². The zero-order chi connectivity index (χ0) is 10.3. The van der Waals surface area contributed by atoms with Gasteiger partial charge in [0.25, 0.3) is 0 Å². The quantitative estimate of drug-likeness (QED) is 0.672. The van der Waals surface area contributed by atoms with Crippen molar-refractivity contribution >= 4 is 6.08 Å². The normalized spacial score (nSPS) is 27.7. The van der Waals surface area contributed by atoms with Crippen LogP contribution in [0, 0.1) is 0 Å². The topological polar surface area (TPSA) is 41.5 Å². The van der Waals surface area contributed by atoms with Crippen molar-refractivity contribution < 1.29 is 9.84 Å². The summed E-state index contributed by atoms with van der Waals surface area (Å²) in [5.41, 5.74) is 0.789. The number of hydrogen-bond acceptors (Lipinski definition) is 3. The highest BCUT2D eigenvalue weighted by atomic mass is 16.5. The van der Waals surface area contributed by atoms with Gasteiger partial charge in [0.15, 0.2) is 0 Å². The highest BCUT2D eigenvalue weighted by Gasteiger charge is 2.35. The summed E-state index contributed by atoms with van der Waals surface area (Å²) in [6.45, 7) is 1.86. The first-order valence-corrected chi connectivity index (χ1v) is 5.19. The SMILES string of the molecule is Oc1ccc2c(c1)C=CC1(CCNC1)O2. The maximum atomic E-state index is 9.34. The zero-order valence-electron chi connectivity index (χ0n) is 8.36. The molecule has 15 heavy (non-hydrogen) atoms. The van der Waals surface area contributed by atoms with Crippen LogP contribution in [0.15, 0.2) is 24.3 Å². The average Bonchev–Trinajstić information content (AvgIpc) is 2.67. The first kappa shape index (κ1) is 8.80. The van der Waals surface area contributed by atoms with Gasteiger partial charge in [-0.25, -0.2) is 0 Å². The molecule has 2 aliphatic rings. The Morgan fingerprint density at radius 1 is 1.40 bits per heavy atom. The van der Waals surface area contributed by atoms with Crippen LogP contribution >= 0.6 is 0 Å². The van der Waals surface area contributed by atoms with Gasteiger partial charge in [-0.15, -0.1) is 0 Å². The van der Waals surface area contributed by atoms with E-state index in [9.17, 15) is 5.11 Å². The van der Waals surface area contributed by atoms with E-state index in [-0.39, 0.29) is 11.4 Å². The number of fused-ring (bicyclic) bond motifs is 1. The fraction of sp³-hybridized carbons (Fsp3) is 0.333. The fourth-order valence-corrected chi connectivity index (χ4v) is 2.17. The summed E-state index contributed by atoms with van der Waals surface area (Å²) in [5, 5.41) is 12.6. The molecule has 2 heterocycles. The van der Waals surface area contributed by atoms with Crippen molar-refractivity contribution in [3.8, 4) is 11.5 Å². The molecule has 1 saturated heterocycles. The molecule has 0 radical (unpaired) electrons. The zero-order valence-corrected chi connectivity index (χ0v) is 8.36. The first-order chi connectivity index (χ1) is 7.27. The van der Waals surface area contributed by atoms with Gasteiger partial charge >= 0.3 is 0 Å². The molecule has 0 amide bonds. The van der Waals surface area contributed by atoms with Gasteiger partial charge in [0.05, 0.1) is 0 Å². The van der Waals surface area contributed by atoms with E-state index >= 15 is 0 Å². The number of nitrogens with one attached hydrogen (secondary N) is 1. The first-order valence-electron chi connectivity index (χ1n) is 5.19. The summed E-state index contributed by atoms with van der Waals surface area (Å²) in [4.78, 5) is 0. The molecule has 0 aliphatic carbocycles. The van der Waals surface area contributed by atoms with E-state index in [0.717, 1.165) is 30.8 Å². The number of phenolic OH excluding ortho intramolecular Hbond substituents is 1. The van der Waals surface area contributed by atoms with Gasteiger partial charge in [-0.2, -0.15) is 0 Å². The van der Waals surface area contributed by atoms with E-state index in [0.29, 0.717) is 0 Å². The second-order valence-electron chi connectivity index (χ2n) is 4.15. The predicted octanol–water partition coefficient (Wildman–Crippen LogP) is 1.53. The number of rotatable bonds is 0. The summed E-state index contributed by atoms with van der Waals surface area (Å²) in [6.07, 6.45) is 5.13. The third kappa shape index (κ3) is 1.39. The molecule has 1 atom stereocenters. The van der Waals surface area contributed by atoms with E-state index in [1.54, 1.807) is 12.1 Å². The lowest BCUT2D eigenvalue weighted by Gasteiger charge is -2.30. The second-order valence-corrected chi connectivity index (χ2v) is 4.15. The lowest BCUT2D eigenvalue weighted by molar-refractivity contribution is 0.139. The van der Waals surface area contributed by atoms with Gasteiger partial charge < -0.3 is 15.2 Å². The Bertz CT molecular complexity index is 420. The van der Waals surface area contributed by atoms with Crippen LogP contribution in [-0.4, -0.2) is 23.8 Å². The molecule has 0 aromatic heterocycles. The molecule has 2 aliphatic heterocycles. The highest BCUT2D eigenvalue weighted by Crippen LogP contribution is 2.35. The lowest BCUT2D eigenvalue weighted by atomic mass is 9.97. The van der Waals surface area contributed by atoms with Crippen LogP contribution in [-0.2, 0) is 0 Å². The molecule has 1 aromatic carbocycles. The molecule has 1 aromatic rings. The molecule has 3 rings (SSSR count). The third-order valence-corrected chi connectivity index (χ3v) is 3.02. The molecule has 1 spiro atoms.